The van der Waals surface area contributed by atoms with Crippen LogP contribution in [-0.4, -0.2) is 61.9 Å². The van der Waals surface area contributed by atoms with Crippen molar-refractivity contribution in [1.82, 2.24) is 20.0 Å². The summed E-state index contributed by atoms with van der Waals surface area (Å²) in [5.41, 5.74) is 1.15. The van der Waals surface area contributed by atoms with Crippen molar-refractivity contribution in [3.05, 3.63) is 16.4 Å². The summed E-state index contributed by atoms with van der Waals surface area (Å²) >= 11 is 3.60. The number of rotatable bonds is 7. The third-order valence-corrected chi connectivity index (χ3v) is 4.00. The van der Waals surface area contributed by atoms with Gasteiger partial charge in [0.2, 0.25) is 0 Å². The topological polar surface area (TPSA) is 51.5 Å². The molecule has 0 radical (unpaired) electrons. The molecule has 1 aromatic heterocycles. The molecule has 7 heteroatoms. The monoisotopic (exact) mass is 346 g/mol. The quantitative estimate of drug-likeness (QED) is 0.804. The molecular weight excluding hydrogens is 324 g/mol. The predicted molar refractivity (Wildman–Crippen MR) is 80.6 cm³/mol. The van der Waals surface area contributed by atoms with Crippen molar-refractivity contribution in [2.45, 2.75) is 25.3 Å². The molecule has 0 aromatic carbocycles. The normalized spacial score (nSPS) is 18.1. The molecule has 1 atom stereocenters. The summed E-state index contributed by atoms with van der Waals surface area (Å²) < 4.78 is 14.2. The van der Waals surface area contributed by atoms with Crippen LogP contribution in [0.1, 0.15) is 18.2 Å². The molecular formula is C13H23BrN4O2. The molecule has 0 aliphatic carbocycles. The molecule has 0 amide bonds. The molecule has 0 saturated carbocycles. The van der Waals surface area contributed by atoms with Crippen LogP contribution in [0.4, 0.5) is 0 Å². The van der Waals surface area contributed by atoms with E-state index >= 15 is 0 Å². The molecule has 1 aromatic rings. The zero-order valence-electron chi connectivity index (χ0n) is 12.3. The van der Waals surface area contributed by atoms with Gasteiger partial charge in [-0.05, 0) is 37.1 Å². The van der Waals surface area contributed by atoms with E-state index in [2.05, 4.69) is 45.3 Å². The zero-order valence-corrected chi connectivity index (χ0v) is 13.9. The van der Waals surface area contributed by atoms with E-state index in [9.17, 15) is 0 Å². The van der Waals surface area contributed by atoms with Gasteiger partial charge in [-0.1, -0.05) is 0 Å². The predicted octanol–water partition coefficient (Wildman–Crippen LogP) is 1.23. The van der Waals surface area contributed by atoms with Crippen LogP contribution in [0.2, 0.25) is 0 Å². The van der Waals surface area contributed by atoms with Gasteiger partial charge in [0, 0.05) is 13.0 Å². The van der Waals surface area contributed by atoms with Gasteiger partial charge in [-0.3, -0.25) is 4.68 Å². The first-order valence-electron chi connectivity index (χ1n) is 6.88. The van der Waals surface area contributed by atoms with Crippen LogP contribution in [0.5, 0.6) is 0 Å². The minimum absolute atomic E-state index is 0.128. The average Bonchev–Trinajstić information content (AvgIpc) is 3.03. The molecule has 1 unspecified atom stereocenters. The maximum atomic E-state index is 5.55. The Labute approximate surface area is 128 Å². The van der Waals surface area contributed by atoms with Gasteiger partial charge in [-0.2, -0.15) is 5.10 Å². The first-order chi connectivity index (χ1) is 9.61. The Bertz CT molecular complexity index is 419. The smallest absolute Gasteiger partial charge is 0.159 e. The van der Waals surface area contributed by atoms with E-state index in [4.69, 9.17) is 9.47 Å². The van der Waals surface area contributed by atoms with Crippen LogP contribution in [-0.2, 0) is 16.0 Å². The maximum Gasteiger partial charge on any atom is 0.159 e. The molecule has 114 valence electrons. The Morgan fingerprint density at radius 1 is 1.50 bits per heavy atom. The van der Waals surface area contributed by atoms with E-state index in [1.165, 1.54) is 0 Å². The lowest BCUT2D eigenvalue weighted by atomic mass is 10.1. The van der Waals surface area contributed by atoms with Crippen molar-refractivity contribution in [3.8, 4) is 0 Å². The lowest BCUT2D eigenvalue weighted by molar-refractivity contribution is -0.0531. The first kappa shape index (κ1) is 15.9. The molecule has 20 heavy (non-hydrogen) atoms. The number of hydrogen-bond acceptors (Lipinski definition) is 5. The van der Waals surface area contributed by atoms with Crippen molar-refractivity contribution >= 4 is 15.9 Å². The van der Waals surface area contributed by atoms with Crippen LogP contribution >= 0.6 is 15.9 Å². The number of ether oxygens (including phenoxy) is 2. The van der Waals surface area contributed by atoms with Crippen LogP contribution < -0.4 is 5.32 Å². The van der Waals surface area contributed by atoms with E-state index in [-0.39, 0.29) is 12.3 Å². The van der Waals surface area contributed by atoms with Crippen molar-refractivity contribution in [2.75, 3.05) is 40.9 Å². The summed E-state index contributed by atoms with van der Waals surface area (Å²) in [6.45, 7) is 3.18. The molecule has 6 nitrogen and oxygen atoms in total. The van der Waals surface area contributed by atoms with Crippen LogP contribution in [0.3, 0.4) is 0 Å². The molecule has 0 bridgehead atoms. The number of likely N-dealkylation sites (N-methyl/N-ethyl adjacent to an activating group) is 1. The second-order valence-electron chi connectivity index (χ2n) is 5.15. The van der Waals surface area contributed by atoms with Gasteiger partial charge >= 0.3 is 0 Å². The molecule has 1 aliphatic heterocycles. The van der Waals surface area contributed by atoms with Crippen LogP contribution in [0, 0.1) is 0 Å². The highest BCUT2D eigenvalue weighted by Crippen LogP contribution is 2.28. The fourth-order valence-electron chi connectivity index (χ4n) is 2.29. The van der Waals surface area contributed by atoms with Crippen molar-refractivity contribution in [3.63, 3.8) is 0 Å². The highest BCUT2D eigenvalue weighted by Gasteiger charge is 2.25. The number of hydrogen-bond donors (Lipinski definition) is 1. The Morgan fingerprint density at radius 3 is 2.80 bits per heavy atom. The largest absolute Gasteiger partial charge is 0.350 e. The summed E-state index contributed by atoms with van der Waals surface area (Å²) in [5.74, 6) is 0. The zero-order chi connectivity index (χ0) is 14.5. The highest BCUT2D eigenvalue weighted by atomic mass is 79.9. The molecule has 1 fully saturated rings. The Balaban J connectivity index is 2.08. The lowest BCUT2D eigenvalue weighted by Gasteiger charge is -2.22. The molecule has 1 saturated heterocycles. The Hall–Kier alpha value is -0.470. The Morgan fingerprint density at radius 2 is 2.20 bits per heavy atom. The summed E-state index contributed by atoms with van der Waals surface area (Å²) in [6, 6.07) is 0.150. The second kappa shape index (κ2) is 7.51. The van der Waals surface area contributed by atoms with E-state index < -0.39 is 0 Å². The molecule has 1 N–H and O–H groups in total. The van der Waals surface area contributed by atoms with Gasteiger partial charge in [0.25, 0.3) is 0 Å². The summed E-state index contributed by atoms with van der Waals surface area (Å²) in [4.78, 5) is 2.15. The van der Waals surface area contributed by atoms with Gasteiger partial charge in [-0.15, -0.1) is 0 Å². The van der Waals surface area contributed by atoms with Crippen LogP contribution in [0.25, 0.3) is 0 Å². The van der Waals surface area contributed by atoms with E-state index in [1.54, 1.807) is 0 Å². The minimum atomic E-state index is -0.128. The van der Waals surface area contributed by atoms with Crippen molar-refractivity contribution in [2.24, 2.45) is 0 Å². The number of nitrogens with one attached hydrogen (secondary N) is 1. The second-order valence-corrected chi connectivity index (χ2v) is 6.01. The maximum absolute atomic E-state index is 5.55. The Kier molecular flexibility index (Phi) is 5.98. The third-order valence-electron chi connectivity index (χ3n) is 3.39. The molecule has 1 aliphatic rings. The van der Waals surface area contributed by atoms with Gasteiger partial charge in [0.05, 0.1) is 42.2 Å². The van der Waals surface area contributed by atoms with E-state index in [0.717, 1.165) is 29.7 Å². The van der Waals surface area contributed by atoms with Gasteiger partial charge < -0.3 is 19.7 Å². The average molecular weight is 347 g/mol. The minimum Gasteiger partial charge on any atom is -0.350 e. The highest BCUT2D eigenvalue weighted by molar-refractivity contribution is 9.10. The van der Waals surface area contributed by atoms with Gasteiger partial charge in [-0.25, -0.2) is 0 Å². The molecule has 2 rings (SSSR count). The standard InChI is InChI=1S/C13H23BrN4O2/c1-15-11(8-12-19-6-7-20-12)13-10(14)9-16-18(13)5-4-17(2)3/h9,11-12,15H,4-8H2,1-3H3. The van der Waals surface area contributed by atoms with Crippen molar-refractivity contribution in [1.29, 1.82) is 0 Å². The van der Waals surface area contributed by atoms with Gasteiger partial charge in [0.1, 0.15) is 0 Å². The fraction of sp³-hybridized carbons (Fsp3) is 0.769. The van der Waals surface area contributed by atoms with E-state index in [0.29, 0.717) is 13.2 Å². The molecule has 2 heterocycles. The number of nitrogens with zero attached hydrogens (tertiary/aromatic N) is 3. The molecule has 0 spiro atoms. The number of halogens is 1. The summed E-state index contributed by atoms with van der Waals surface area (Å²) in [5, 5.41) is 7.79. The third kappa shape index (κ3) is 4.02. The summed E-state index contributed by atoms with van der Waals surface area (Å²) in [6.07, 6.45) is 2.51. The van der Waals surface area contributed by atoms with Crippen molar-refractivity contribution < 1.29 is 9.47 Å². The van der Waals surface area contributed by atoms with Gasteiger partial charge in [0.15, 0.2) is 6.29 Å². The fourth-order valence-corrected chi connectivity index (χ4v) is 2.87. The summed E-state index contributed by atoms with van der Waals surface area (Å²) in [7, 11) is 6.08. The number of aromatic nitrogens is 2. The first-order valence-corrected chi connectivity index (χ1v) is 7.67. The SMILES string of the molecule is CNC(CC1OCCO1)c1c(Br)cnn1CCN(C)C. The lowest BCUT2D eigenvalue weighted by Crippen LogP contribution is -2.27. The van der Waals surface area contributed by atoms with Crippen LogP contribution in [0.15, 0.2) is 10.7 Å². The van der Waals surface area contributed by atoms with E-state index in [1.807, 2.05) is 17.9 Å².